The quantitative estimate of drug-likeness (QED) is 0.904. The maximum atomic E-state index is 11.7. The highest BCUT2D eigenvalue weighted by molar-refractivity contribution is 6.31. The number of hydrogen-bond acceptors (Lipinski definition) is 4. The van der Waals surface area contributed by atoms with Gasteiger partial charge in [-0.05, 0) is 25.5 Å². The molecule has 1 aromatic rings. The Hall–Kier alpha value is -1.46. The lowest BCUT2D eigenvalue weighted by atomic mass is 10.1. The normalized spacial score (nSPS) is 19.2. The number of hydrogen-bond donors (Lipinski definition) is 1. The summed E-state index contributed by atoms with van der Waals surface area (Å²) in [5.41, 5.74) is 0.933. The number of nitrogens with zero attached hydrogens (tertiary/aromatic N) is 1. The Bertz CT molecular complexity index is 522. The molecule has 1 heterocycles. The molecule has 5 nitrogen and oxygen atoms in total. The number of piperazine rings is 1. The molecular formula is C15H21ClN2O3. The van der Waals surface area contributed by atoms with E-state index in [1.165, 1.54) is 0 Å². The molecule has 21 heavy (non-hydrogen) atoms. The van der Waals surface area contributed by atoms with E-state index < -0.39 is 0 Å². The maximum Gasteiger partial charge on any atom is 0.237 e. The van der Waals surface area contributed by atoms with Crippen LogP contribution in [0.25, 0.3) is 0 Å². The number of nitrogens with one attached hydrogen (secondary N) is 1. The first kappa shape index (κ1) is 15.9. The zero-order valence-corrected chi connectivity index (χ0v) is 13.4. The van der Waals surface area contributed by atoms with Gasteiger partial charge in [-0.1, -0.05) is 11.6 Å². The predicted octanol–water partition coefficient (Wildman–Crippen LogP) is 2.07. The molecule has 0 spiro atoms. The number of methoxy groups -OCH3 is 1. The summed E-state index contributed by atoms with van der Waals surface area (Å²) in [6, 6.07) is 3.49. The SMILES string of the molecule is CCOc1cc(CN2CCNC(=O)[C@@H]2C)c(Cl)cc1OC. The van der Waals surface area contributed by atoms with Gasteiger partial charge in [0.1, 0.15) is 0 Å². The smallest absolute Gasteiger partial charge is 0.237 e. The predicted molar refractivity (Wildman–Crippen MR) is 82.1 cm³/mol. The van der Waals surface area contributed by atoms with Crippen molar-refractivity contribution in [2.24, 2.45) is 0 Å². The zero-order valence-electron chi connectivity index (χ0n) is 12.6. The fourth-order valence-corrected chi connectivity index (χ4v) is 2.60. The third-order valence-electron chi connectivity index (χ3n) is 3.63. The minimum atomic E-state index is -0.160. The lowest BCUT2D eigenvalue weighted by molar-refractivity contribution is -0.128. The van der Waals surface area contributed by atoms with Gasteiger partial charge in [0.2, 0.25) is 5.91 Å². The van der Waals surface area contributed by atoms with E-state index in [1.807, 2.05) is 19.9 Å². The molecule has 1 atom stereocenters. The van der Waals surface area contributed by atoms with Crippen molar-refractivity contribution >= 4 is 17.5 Å². The molecule has 0 bridgehead atoms. The zero-order chi connectivity index (χ0) is 15.4. The molecular weight excluding hydrogens is 292 g/mol. The van der Waals surface area contributed by atoms with Gasteiger partial charge in [-0.3, -0.25) is 9.69 Å². The van der Waals surface area contributed by atoms with E-state index in [0.29, 0.717) is 36.2 Å². The molecule has 0 aliphatic carbocycles. The second-order valence-electron chi connectivity index (χ2n) is 4.96. The van der Waals surface area contributed by atoms with Gasteiger partial charge in [0, 0.05) is 30.7 Å². The Labute approximate surface area is 130 Å². The van der Waals surface area contributed by atoms with E-state index in [9.17, 15) is 4.79 Å². The fraction of sp³-hybridized carbons (Fsp3) is 0.533. The summed E-state index contributed by atoms with van der Waals surface area (Å²) < 4.78 is 10.9. The van der Waals surface area contributed by atoms with Crippen molar-refractivity contribution in [1.29, 1.82) is 0 Å². The van der Waals surface area contributed by atoms with Crippen molar-refractivity contribution in [2.75, 3.05) is 26.8 Å². The van der Waals surface area contributed by atoms with Gasteiger partial charge in [0.05, 0.1) is 19.8 Å². The fourth-order valence-electron chi connectivity index (χ4n) is 2.39. The highest BCUT2D eigenvalue weighted by Crippen LogP contribution is 2.34. The van der Waals surface area contributed by atoms with Gasteiger partial charge in [-0.25, -0.2) is 0 Å². The minimum Gasteiger partial charge on any atom is -0.493 e. The molecule has 1 N–H and O–H groups in total. The average molecular weight is 313 g/mol. The van der Waals surface area contributed by atoms with Crippen LogP contribution in [0.2, 0.25) is 5.02 Å². The van der Waals surface area contributed by atoms with Gasteiger partial charge in [-0.2, -0.15) is 0 Å². The summed E-state index contributed by atoms with van der Waals surface area (Å²) in [5, 5.41) is 3.47. The standard InChI is InChI=1S/C15H21ClN2O3/c1-4-21-14-7-11(12(16)8-13(14)20-3)9-18-6-5-17-15(19)10(18)2/h7-8,10H,4-6,9H2,1-3H3,(H,17,19)/t10-/m0/s1. The first-order chi connectivity index (χ1) is 10.1. The largest absolute Gasteiger partial charge is 0.493 e. The first-order valence-electron chi connectivity index (χ1n) is 7.07. The Kier molecular flexibility index (Phi) is 5.31. The Morgan fingerprint density at radius 1 is 1.43 bits per heavy atom. The third kappa shape index (κ3) is 3.60. The van der Waals surface area contributed by atoms with Crippen molar-refractivity contribution < 1.29 is 14.3 Å². The van der Waals surface area contributed by atoms with E-state index in [0.717, 1.165) is 12.1 Å². The van der Waals surface area contributed by atoms with Crippen LogP contribution in [0.5, 0.6) is 11.5 Å². The maximum absolute atomic E-state index is 11.7. The first-order valence-corrected chi connectivity index (χ1v) is 7.45. The molecule has 0 unspecified atom stereocenters. The third-order valence-corrected chi connectivity index (χ3v) is 3.98. The topological polar surface area (TPSA) is 50.8 Å². The summed E-state index contributed by atoms with van der Waals surface area (Å²) in [6.07, 6.45) is 0. The van der Waals surface area contributed by atoms with E-state index in [1.54, 1.807) is 13.2 Å². The highest BCUT2D eigenvalue weighted by atomic mass is 35.5. The Balaban J connectivity index is 2.22. The number of amides is 1. The lowest BCUT2D eigenvalue weighted by Gasteiger charge is -2.33. The molecule has 0 saturated carbocycles. The van der Waals surface area contributed by atoms with Crippen LogP contribution in [-0.2, 0) is 11.3 Å². The Morgan fingerprint density at radius 3 is 2.86 bits per heavy atom. The Morgan fingerprint density at radius 2 is 2.19 bits per heavy atom. The van der Waals surface area contributed by atoms with E-state index in [4.69, 9.17) is 21.1 Å². The highest BCUT2D eigenvalue weighted by Gasteiger charge is 2.26. The van der Waals surface area contributed by atoms with Gasteiger partial charge in [0.15, 0.2) is 11.5 Å². The number of benzene rings is 1. The molecule has 2 rings (SSSR count). The van der Waals surface area contributed by atoms with Crippen LogP contribution >= 0.6 is 11.6 Å². The van der Waals surface area contributed by atoms with E-state index >= 15 is 0 Å². The summed E-state index contributed by atoms with van der Waals surface area (Å²) in [7, 11) is 1.59. The molecule has 1 aliphatic rings. The van der Waals surface area contributed by atoms with Crippen molar-refractivity contribution in [2.45, 2.75) is 26.4 Å². The van der Waals surface area contributed by atoms with Crippen LogP contribution in [0, 0.1) is 0 Å². The molecule has 1 aliphatic heterocycles. The van der Waals surface area contributed by atoms with Crippen LogP contribution in [0.4, 0.5) is 0 Å². The van der Waals surface area contributed by atoms with Gasteiger partial charge in [-0.15, -0.1) is 0 Å². The van der Waals surface area contributed by atoms with E-state index in [2.05, 4.69) is 10.2 Å². The summed E-state index contributed by atoms with van der Waals surface area (Å²) in [5.74, 6) is 1.35. The molecule has 116 valence electrons. The number of rotatable bonds is 5. The van der Waals surface area contributed by atoms with Crippen LogP contribution in [-0.4, -0.2) is 43.7 Å². The minimum absolute atomic E-state index is 0.0518. The summed E-state index contributed by atoms with van der Waals surface area (Å²) >= 11 is 6.32. The molecule has 1 amide bonds. The van der Waals surface area contributed by atoms with Gasteiger partial charge in [0.25, 0.3) is 0 Å². The number of carbonyl (C=O) groups excluding carboxylic acids is 1. The molecule has 1 fully saturated rings. The molecule has 0 aromatic heterocycles. The van der Waals surface area contributed by atoms with E-state index in [-0.39, 0.29) is 11.9 Å². The van der Waals surface area contributed by atoms with Crippen molar-refractivity contribution in [3.63, 3.8) is 0 Å². The molecule has 6 heteroatoms. The number of halogens is 1. The van der Waals surface area contributed by atoms with Crippen LogP contribution in [0.1, 0.15) is 19.4 Å². The van der Waals surface area contributed by atoms with Crippen molar-refractivity contribution in [1.82, 2.24) is 10.2 Å². The van der Waals surface area contributed by atoms with Crippen LogP contribution < -0.4 is 14.8 Å². The summed E-state index contributed by atoms with van der Waals surface area (Å²) in [4.78, 5) is 13.8. The molecule has 1 saturated heterocycles. The number of ether oxygens (including phenoxy) is 2. The van der Waals surface area contributed by atoms with Gasteiger partial charge >= 0.3 is 0 Å². The molecule has 1 aromatic carbocycles. The second kappa shape index (κ2) is 7.00. The van der Waals surface area contributed by atoms with Crippen molar-refractivity contribution in [3.8, 4) is 11.5 Å². The van der Waals surface area contributed by atoms with Gasteiger partial charge < -0.3 is 14.8 Å². The number of carbonyl (C=O) groups is 1. The van der Waals surface area contributed by atoms with Crippen LogP contribution in [0.3, 0.4) is 0 Å². The lowest BCUT2D eigenvalue weighted by Crippen LogP contribution is -2.53. The summed E-state index contributed by atoms with van der Waals surface area (Å²) in [6.45, 7) is 6.45. The van der Waals surface area contributed by atoms with Crippen LogP contribution in [0.15, 0.2) is 12.1 Å². The monoisotopic (exact) mass is 312 g/mol. The second-order valence-corrected chi connectivity index (χ2v) is 5.37. The van der Waals surface area contributed by atoms with Crippen molar-refractivity contribution in [3.05, 3.63) is 22.7 Å². The molecule has 0 radical (unpaired) electrons. The average Bonchev–Trinajstić information content (AvgIpc) is 2.47.